The Labute approximate surface area is 195 Å². The molecule has 3 aromatic rings. The lowest BCUT2D eigenvalue weighted by molar-refractivity contribution is -0.147. The average Bonchev–Trinajstić information content (AvgIpc) is 2.84. The van der Waals surface area contributed by atoms with Gasteiger partial charge in [0.25, 0.3) is 0 Å². The molecule has 1 unspecified atom stereocenters. The second-order valence-corrected chi connectivity index (χ2v) is 11.1. The molecule has 0 aliphatic rings. The Balaban J connectivity index is 2.36. The Morgan fingerprint density at radius 3 is 1.61 bits per heavy atom. The highest BCUT2D eigenvalue weighted by atomic mass is 31.2. The zero-order valence-electron chi connectivity index (χ0n) is 19.0. The molecule has 3 aromatic carbocycles. The predicted molar refractivity (Wildman–Crippen MR) is 136 cm³/mol. The Hall–Kier alpha value is -3.41. The first-order valence-corrected chi connectivity index (χ1v) is 12.9. The van der Waals surface area contributed by atoms with Gasteiger partial charge in [-0.15, -0.1) is 0 Å². The summed E-state index contributed by atoms with van der Waals surface area (Å²) >= 11 is 0. The highest BCUT2D eigenvalue weighted by Crippen LogP contribution is 2.46. The van der Waals surface area contributed by atoms with E-state index in [9.17, 15) is 14.9 Å². The van der Waals surface area contributed by atoms with Crippen LogP contribution in [0, 0.1) is 11.3 Å². The van der Waals surface area contributed by atoms with Crippen molar-refractivity contribution in [2.75, 3.05) is 0 Å². The zero-order chi connectivity index (χ0) is 23.7. The highest BCUT2D eigenvalue weighted by molar-refractivity contribution is 7.96. The lowest BCUT2D eigenvalue weighted by Crippen LogP contribution is -2.34. The molecule has 0 amide bonds. The molecule has 1 atom stereocenters. The van der Waals surface area contributed by atoms with Gasteiger partial charge in [0.05, 0.1) is 0 Å². The monoisotopic (exact) mass is 457 g/mol. The molecule has 5 heteroatoms. The van der Waals surface area contributed by atoms with E-state index in [4.69, 9.17) is 4.74 Å². The Morgan fingerprint density at radius 2 is 1.27 bits per heavy atom. The molecule has 0 aliphatic carbocycles. The summed E-state index contributed by atoms with van der Waals surface area (Å²) in [6.07, 6.45) is 0.776. The van der Waals surface area contributed by atoms with Crippen LogP contribution in [-0.2, 0) is 14.3 Å². The van der Waals surface area contributed by atoms with Gasteiger partial charge < -0.3 is 4.74 Å². The molecular formula is C28H28NO3P. The first-order valence-electron chi connectivity index (χ1n) is 11.1. The van der Waals surface area contributed by atoms with Gasteiger partial charge in [-0.25, -0.2) is 0 Å². The van der Waals surface area contributed by atoms with Gasteiger partial charge in [-0.1, -0.05) is 104 Å². The maximum absolute atomic E-state index is 13.8. The van der Waals surface area contributed by atoms with Crippen LogP contribution in [0.3, 0.4) is 0 Å². The predicted octanol–water partition coefficient (Wildman–Crippen LogP) is 4.37. The van der Waals surface area contributed by atoms with Gasteiger partial charge in [0, 0.05) is 13.3 Å². The third kappa shape index (κ3) is 5.33. The van der Waals surface area contributed by atoms with Crippen molar-refractivity contribution in [2.24, 2.45) is 0 Å². The third-order valence-corrected chi connectivity index (χ3v) is 9.73. The maximum Gasteiger partial charge on any atom is 0.302 e. The number of benzene rings is 3. The molecule has 0 heterocycles. The molecule has 33 heavy (non-hydrogen) atoms. The van der Waals surface area contributed by atoms with Crippen molar-refractivity contribution in [3.63, 3.8) is 0 Å². The topological polar surface area (TPSA) is 67.2 Å². The molecule has 0 N–H and O–H groups in total. The van der Waals surface area contributed by atoms with Crippen molar-refractivity contribution in [3.05, 3.63) is 91.0 Å². The third-order valence-electron chi connectivity index (χ3n) is 5.49. The second-order valence-electron chi connectivity index (χ2n) is 7.79. The van der Waals surface area contributed by atoms with E-state index in [1.54, 1.807) is 0 Å². The molecule has 0 aliphatic heterocycles. The van der Waals surface area contributed by atoms with Crippen LogP contribution >= 0.6 is 6.89 Å². The molecule has 0 fully saturated rings. The van der Waals surface area contributed by atoms with Crippen LogP contribution < -0.4 is 15.9 Å². The number of nitriles is 1. The van der Waals surface area contributed by atoms with Gasteiger partial charge in [0.15, 0.2) is 5.78 Å². The molecule has 0 aromatic heterocycles. The van der Waals surface area contributed by atoms with Crippen LogP contribution in [0.25, 0.3) is 0 Å². The summed E-state index contributed by atoms with van der Waals surface area (Å²) < 4.78 is 5.42. The number of esters is 1. The van der Waals surface area contributed by atoms with Crippen molar-refractivity contribution in [1.82, 2.24) is 0 Å². The zero-order valence-corrected chi connectivity index (χ0v) is 19.9. The minimum atomic E-state index is -2.76. The number of carbonyl (C=O) groups excluding carboxylic acids is 2. The van der Waals surface area contributed by atoms with Crippen LogP contribution in [-0.4, -0.2) is 23.2 Å². The average molecular weight is 458 g/mol. The first kappa shape index (κ1) is 24.2. The van der Waals surface area contributed by atoms with Gasteiger partial charge >= 0.3 is 5.97 Å². The Morgan fingerprint density at radius 1 is 0.848 bits per heavy atom. The molecule has 0 bridgehead atoms. The van der Waals surface area contributed by atoms with Gasteiger partial charge in [-0.05, 0) is 29.2 Å². The molecule has 4 nitrogen and oxygen atoms in total. The minimum Gasteiger partial charge on any atom is -0.462 e. The number of ketones is 1. The summed E-state index contributed by atoms with van der Waals surface area (Å²) in [4.78, 5) is 25.4. The van der Waals surface area contributed by atoms with Crippen LogP contribution in [0.1, 0.15) is 33.1 Å². The lowest BCUT2D eigenvalue weighted by atomic mass is 10.1. The van der Waals surface area contributed by atoms with Gasteiger partial charge in [-0.2, -0.15) is 5.26 Å². The largest absolute Gasteiger partial charge is 0.462 e. The highest BCUT2D eigenvalue weighted by Gasteiger charge is 2.34. The minimum absolute atomic E-state index is 0.00936. The van der Waals surface area contributed by atoms with Crippen LogP contribution in [0.4, 0.5) is 0 Å². The number of rotatable bonds is 9. The molecule has 0 saturated carbocycles. The van der Waals surface area contributed by atoms with E-state index >= 15 is 0 Å². The fourth-order valence-corrected chi connectivity index (χ4v) is 8.32. The van der Waals surface area contributed by atoms with E-state index < -0.39 is 19.0 Å². The van der Waals surface area contributed by atoms with Gasteiger partial charge in [0.1, 0.15) is 17.5 Å². The van der Waals surface area contributed by atoms with Crippen molar-refractivity contribution >= 4 is 39.8 Å². The van der Waals surface area contributed by atoms with Crippen molar-refractivity contribution in [2.45, 2.75) is 39.2 Å². The molecule has 0 spiro atoms. The van der Waals surface area contributed by atoms with Gasteiger partial charge in [-0.3, -0.25) is 9.59 Å². The number of Topliss-reactive ketones (excluding diaryl/α,β-unsaturated/α-hetero) is 1. The van der Waals surface area contributed by atoms with Crippen LogP contribution in [0.5, 0.6) is 0 Å². The quantitative estimate of drug-likeness (QED) is 0.354. The summed E-state index contributed by atoms with van der Waals surface area (Å²) in [7, 11) is 0. The SMILES string of the molecule is CCCC(CC(=O)C(C#N)=P(c1ccccc1)(c1ccccc1)c1ccccc1)OC(C)=O. The number of hydrogen-bond acceptors (Lipinski definition) is 4. The van der Waals surface area contributed by atoms with Crippen molar-refractivity contribution < 1.29 is 14.3 Å². The Bertz CT molecular complexity index is 1080. The van der Waals surface area contributed by atoms with E-state index in [-0.39, 0.29) is 17.5 Å². The summed E-state index contributed by atoms with van der Waals surface area (Å²) in [5.41, 5.74) is 0. The lowest BCUT2D eigenvalue weighted by Gasteiger charge is -2.30. The van der Waals surface area contributed by atoms with E-state index in [0.717, 1.165) is 22.3 Å². The van der Waals surface area contributed by atoms with E-state index in [1.165, 1.54) is 6.92 Å². The summed E-state index contributed by atoms with van der Waals surface area (Å²) in [5.74, 6) is -0.697. The Kier molecular flexibility index (Phi) is 8.41. The standard InChI is InChI=1S/C28H28NO3P/c1-3-13-23(32-22(2)30)20-27(31)28(21-29)33(24-14-7-4-8-15-24,25-16-9-5-10-17-25)26-18-11-6-12-19-26/h4-12,14-19,23H,3,13,20H2,1-2H3. The second kappa shape index (κ2) is 11.5. The fraction of sp³-hybridized carbons (Fsp3) is 0.214. The normalized spacial score (nSPS) is 11.8. The summed E-state index contributed by atoms with van der Waals surface area (Å²) in [6.45, 7) is 0.558. The summed E-state index contributed by atoms with van der Waals surface area (Å²) in [5, 5.41) is 13.5. The maximum atomic E-state index is 13.8. The molecule has 3 rings (SSSR count). The molecule has 168 valence electrons. The van der Waals surface area contributed by atoms with Crippen molar-refractivity contribution in [3.8, 4) is 6.07 Å². The van der Waals surface area contributed by atoms with E-state index in [0.29, 0.717) is 6.42 Å². The number of hydrogen-bond donors (Lipinski definition) is 0. The summed E-state index contributed by atoms with van der Waals surface area (Å²) in [6, 6.07) is 31.7. The van der Waals surface area contributed by atoms with Crippen LogP contribution in [0.15, 0.2) is 91.0 Å². The molecule has 0 radical (unpaired) electrons. The number of nitrogens with zero attached hydrogens (tertiary/aromatic N) is 1. The smallest absolute Gasteiger partial charge is 0.302 e. The number of carbonyl (C=O) groups is 2. The number of ether oxygens (including phenoxy) is 1. The molecule has 0 saturated heterocycles. The fourth-order valence-electron chi connectivity index (χ4n) is 4.18. The van der Waals surface area contributed by atoms with Gasteiger partial charge in [0.2, 0.25) is 0 Å². The van der Waals surface area contributed by atoms with E-state index in [2.05, 4.69) is 6.07 Å². The van der Waals surface area contributed by atoms with Crippen molar-refractivity contribution in [1.29, 1.82) is 5.26 Å². The molecular weight excluding hydrogens is 429 g/mol. The van der Waals surface area contributed by atoms with Crippen LogP contribution in [0.2, 0.25) is 0 Å². The van der Waals surface area contributed by atoms with E-state index in [1.807, 2.05) is 97.9 Å². The first-order chi connectivity index (χ1) is 16.0.